The first-order chi connectivity index (χ1) is 12.7. The number of hydrogen-bond acceptors (Lipinski definition) is 6. The highest BCUT2D eigenvalue weighted by Crippen LogP contribution is 2.17. The molecule has 0 radical (unpaired) electrons. The van der Waals surface area contributed by atoms with Gasteiger partial charge in [0.25, 0.3) is 0 Å². The van der Waals surface area contributed by atoms with Crippen LogP contribution in [0.1, 0.15) is 35.6 Å². The minimum atomic E-state index is 0.751. The molecule has 3 aromatic rings. The van der Waals surface area contributed by atoms with Crippen molar-refractivity contribution in [3.05, 3.63) is 71.3 Å². The molecule has 1 aliphatic rings. The Morgan fingerprint density at radius 1 is 0.577 bits per heavy atom. The van der Waals surface area contributed by atoms with Crippen molar-refractivity contribution in [1.29, 1.82) is 0 Å². The second-order valence-electron chi connectivity index (χ2n) is 6.23. The summed E-state index contributed by atoms with van der Waals surface area (Å²) in [7, 11) is 0. The average molecular weight is 342 g/mol. The minimum absolute atomic E-state index is 0.751. The zero-order chi connectivity index (χ0) is 17.9. The highest BCUT2D eigenvalue weighted by molar-refractivity contribution is 6.07. The Morgan fingerprint density at radius 3 is 1.69 bits per heavy atom. The van der Waals surface area contributed by atoms with Crippen LogP contribution in [0.3, 0.4) is 0 Å². The van der Waals surface area contributed by atoms with E-state index in [0.29, 0.717) is 0 Å². The van der Waals surface area contributed by atoms with Crippen molar-refractivity contribution in [3.63, 3.8) is 0 Å². The largest absolute Gasteiger partial charge is 0.252 e. The molecule has 128 valence electrons. The van der Waals surface area contributed by atoms with Gasteiger partial charge in [-0.25, -0.2) is 0 Å². The van der Waals surface area contributed by atoms with Crippen LogP contribution in [0.25, 0.3) is 11.4 Å². The molecule has 0 saturated carbocycles. The molecule has 0 fully saturated rings. The van der Waals surface area contributed by atoms with Crippen molar-refractivity contribution in [1.82, 2.24) is 20.2 Å². The molecule has 4 heterocycles. The molecule has 26 heavy (non-hydrogen) atoms. The lowest BCUT2D eigenvalue weighted by Gasteiger charge is -2.11. The van der Waals surface area contributed by atoms with Crippen molar-refractivity contribution >= 4 is 11.4 Å². The molecule has 1 aliphatic heterocycles. The van der Waals surface area contributed by atoms with Crippen molar-refractivity contribution in [3.8, 4) is 11.4 Å². The Bertz CT molecular complexity index is 1000. The van der Waals surface area contributed by atoms with Crippen LogP contribution >= 0.6 is 0 Å². The van der Waals surface area contributed by atoms with E-state index in [2.05, 4.69) is 30.4 Å². The van der Waals surface area contributed by atoms with E-state index >= 15 is 0 Å². The minimum Gasteiger partial charge on any atom is -0.252 e. The summed E-state index contributed by atoms with van der Waals surface area (Å²) in [5.74, 6) is 0. The first kappa shape index (κ1) is 16.2. The third-order valence-corrected chi connectivity index (χ3v) is 4.18. The van der Waals surface area contributed by atoms with E-state index in [0.717, 1.165) is 58.4 Å². The third-order valence-electron chi connectivity index (χ3n) is 4.18. The summed E-state index contributed by atoms with van der Waals surface area (Å²) in [6.07, 6.45) is 1.56. The molecule has 0 saturated heterocycles. The zero-order valence-corrected chi connectivity index (χ0v) is 14.7. The molecule has 0 aromatic carbocycles. The Morgan fingerprint density at radius 2 is 1.12 bits per heavy atom. The third kappa shape index (κ3) is 3.39. The molecule has 6 heteroatoms. The van der Waals surface area contributed by atoms with Gasteiger partial charge in [-0.1, -0.05) is 12.1 Å². The predicted molar refractivity (Wildman–Crippen MR) is 101 cm³/mol. The summed E-state index contributed by atoms with van der Waals surface area (Å²) < 4.78 is 0. The fourth-order valence-electron chi connectivity index (χ4n) is 2.83. The van der Waals surface area contributed by atoms with Crippen LogP contribution in [0.15, 0.2) is 58.7 Å². The zero-order valence-electron chi connectivity index (χ0n) is 14.7. The van der Waals surface area contributed by atoms with Crippen LogP contribution in [0.4, 0.5) is 0 Å². The van der Waals surface area contributed by atoms with Gasteiger partial charge >= 0.3 is 0 Å². The number of rotatable bonds is 3. The van der Waals surface area contributed by atoms with Gasteiger partial charge in [0, 0.05) is 11.4 Å². The van der Waals surface area contributed by atoms with Gasteiger partial charge in [0.1, 0.15) is 11.4 Å². The van der Waals surface area contributed by atoms with E-state index in [9.17, 15) is 0 Å². The van der Waals surface area contributed by atoms with E-state index in [1.807, 2.05) is 62.4 Å². The van der Waals surface area contributed by atoms with Gasteiger partial charge < -0.3 is 0 Å². The van der Waals surface area contributed by atoms with E-state index in [4.69, 9.17) is 0 Å². The topological polar surface area (TPSA) is 76.3 Å². The van der Waals surface area contributed by atoms with Crippen LogP contribution in [0, 0.1) is 13.8 Å². The quantitative estimate of drug-likeness (QED) is 0.729. The highest BCUT2D eigenvalue weighted by Gasteiger charge is 2.16. The van der Waals surface area contributed by atoms with Crippen LogP contribution in [0.5, 0.6) is 0 Å². The molecule has 0 atom stereocenters. The maximum Gasteiger partial charge on any atom is 0.111 e. The number of nitrogens with zero attached hydrogens (tertiary/aromatic N) is 6. The lowest BCUT2D eigenvalue weighted by molar-refractivity contribution is 0.969. The smallest absolute Gasteiger partial charge is 0.111 e. The van der Waals surface area contributed by atoms with E-state index in [1.165, 1.54) is 0 Å². The van der Waals surface area contributed by atoms with Gasteiger partial charge in [0.2, 0.25) is 0 Å². The maximum atomic E-state index is 4.51. The number of aromatic nitrogens is 4. The van der Waals surface area contributed by atoms with Gasteiger partial charge in [-0.2, -0.15) is 10.2 Å². The van der Waals surface area contributed by atoms with Gasteiger partial charge in [-0.3, -0.25) is 9.97 Å². The van der Waals surface area contributed by atoms with Crippen LogP contribution in [0.2, 0.25) is 0 Å². The van der Waals surface area contributed by atoms with Gasteiger partial charge in [-0.15, -0.1) is 10.2 Å². The summed E-state index contributed by atoms with van der Waals surface area (Å²) in [5.41, 5.74) is 6.90. The maximum absolute atomic E-state index is 4.51. The van der Waals surface area contributed by atoms with Crippen LogP contribution in [-0.2, 0) is 0 Å². The fourth-order valence-corrected chi connectivity index (χ4v) is 2.83. The molecular weight excluding hydrogens is 324 g/mol. The SMILES string of the molecule is Cc1cccc(C2=NN=C(c3ccc(-c4cccc(C)n4)nn3)CC2)n1. The molecule has 6 nitrogen and oxygen atoms in total. The lowest BCUT2D eigenvalue weighted by atomic mass is 10.0. The molecule has 0 amide bonds. The Balaban J connectivity index is 1.57. The standard InChI is InChI=1S/C20H18N6/c1-13-5-3-7-15(21-13)17-9-11-19(25-23-17)20-12-10-18(24-26-20)16-8-4-6-14(2)22-16/h3-9,11H,10,12H2,1-2H3. The van der Waals surface area contributed by atoms with Crippen LogP contribution < -0.4 is 0 Å². The number of hydrogen-bond donors (Lipinski definition) is 0. The van der Waals surface area contributed by atoms with Crippen molar-refractivity contribution in [2.24, 2.45) is 10.2 Å². The van der Waals surface area contributed by atoms with Crippen molar-refractivity contribution in [2.75, 3.05) is 0 Å². The molecule has 0 aliphatic carbocycles. The van der Waals surface area contributed by atoms with Gasteiger partial charge in [0.05, 0.1) is 22.8 Å². The number of pyridine rings is 2. The predicted octanol–water partition coefficient (Wildman–Crippen LogP) is 3.54. The van der Waals surface area contributed by atoms with Gasteiger partial charge in [-0.05, 0) is 63.1 Å². The van der Waals surface area contributed by atoms with E-state index in [1.54, 1.807) is 0 Å². The summed E-state index contributed by atoms with van der Waals surface area (Å²) in [6, 6.07) is 15.6. The Kier molecular flexibility index (Phi) is 4.31. The fraction of sp³-hybridized carbons (Fsp3) is 0.200. The second kappa shape index (κ2) is 6.92. The molecular formula is C20H18N6. The lowest BCUT2D eigenvalue weighted by Crippen LogP contribution is -2.14. The first-order valence-corrected chi connectivity index (χ1v) is 8.54. The summed E-state index contributed by atoms with van der Waals surface area (Å²) in [4.78, 5) is 8.99. The van der Waals surface area contributed by atoms with Gasteiger partial charge in [0.15, 0.2) is 0 Å². The monoisotopic (exact) mass is 342 g/mol. The molecule has 0 unspecified atom stereocenters. The summed E-state index contributed by atoms with van der Waals surface area (Å²) >= 11 is 0. The van der Waals surface area contributed by atoms with Crippen LogP contribution in [-0.4, -0.2) is 31.6 Å². The molecule has 4 rings (SSSR count). The van der Waals surface area contributed by atoms with Crippen molar-refractivity contribution < 1.29 is 0 Å². The average Bonchev–Trinajstić information content (AvgIpc) is 2.68. The van der Waals surface area contributed by atoms with E-state index in [-0.39, 0.29) is 0 Å². The summed E-state index contributed by atoms with van der Waals surface area (Å²) in [6.45, 7) is 3.93. The number of aryl methyl sites for hydroxylation is 2. The molecule has 0 spiro atoms. The second-order valence-corrected chi connectivity index (χ2v) is 6.23. The molecule has 0 bridgehead atoms. The van der Waals surface area contributed by atoms with E-state index < -0.39 is 0 Å². The van der Waals surface area contributed by atoms with Crippen molar-refractivity contribution in [2.45, 2.75) is 26.7 Å². The summed E-state index contributed by atoms with van der Waals surface area (Å²) in [5, 5.41) is 17.3. The first-order valence-electron chi connectivity index (χ1n) is 8.54. The molecule has 3 aromatic heterocycles. The molecule has 0 N–H and O–H groups in total. The normalized spacial score (nSPS) is 13.9. The Labute approximate surface area is 151 Å². The highest BCUT2D eigenvalue weighted by atomic mass is 15.2. The Hall–Kier alpha value is -3.28.